The van der Waals surface area contributed by atoms with Gasteiger partial charge in [0.15, 0.2) is 9.84 Å². The number of hydrogen-bond acceptors (Lipinski definition) is 7. The van der Waals surface area contributed by atoms with Gasteiger partial charge in [-0.25, -0.2) is 18.4 Å². The van der Waals surface area contributed by atoms with Gasteiger partial charge >= 0.3 is 0 Å². The molecule has 1 unspecified atom stereocenters. The molecule has 8 nitrogen and oxygen atoms in total. The Morgan fingerprint density at radius 1 is 1.30 bits per heavy atom. The summed E-state index contributed by atoms with van der Waals surface area (Å²) in [6, 6.07) is -0.0888. The topological polar surface area (TPSA) is 95.5 Å². The van der Waals surface area contributed by atoms with Crippen LogP contribution in [-0.2, 0) is 9.84 Å². The molecule has 1 aliphatic heterocycles. The summed E-state index contributed by atoms with van der Waals surface area (Å²) in [6.07, 6.45) is 3.51. The first kappa shape index (κ1) is 17.6. The van der Waals surface area contributed by atoms with Crippen molar-refractivity contribution < 1.29 is 13.2 Å². The van der Waals surface area contributed by atoms with Crippen LogP contribution in [0.25, 0.3) is 0 Å². The number of nitrogens with zero attached hydrogens (tertiary/aromatic N) is 4. The molecule has 0 aliphatic carbocycles. The molecule has 1 atom stereocenters. The van der Waals surface area contributed by atoms with Crippen LogP contribution in [0.5, 0.6) is 0 Å². The second-order valence-corrected chi connectivity index (χ2v) is 8.22. The Hall–Kier alpha value is -1.74. The molecular formula is C14H23N5O3S. The number of sulfone groups is 1. The number of rotatable bonds is 6. The van der Waals surface area contributed by atoms with Crippen LogP contribution < -0.4 is 10.2 Å². The summed E-state index contributed by atoms with van der Waals surface area (Å²) in [5.41, 5.74) is 0.250. The monoisotopic (exact) mass is 341 g/mol. The number of nitrogens with one attached hydrogen (secondary N) is 1. The maximum atomic E-state index is 11.9. The second-order valence-electron chi connectivity index (χ2n) is 5.99. The normalized spacial score (nSPS) is 19.7. The number of likely N-dealkylation sites (N-methyl/N-ethyl adjacent to an activating group) is 1. The SMILES string of the molecule is CN(C)CCNC(=O)c1cnc(N(C)C2CCS(=O)(=O)C2)cn1. The molecule has 128 valence electrons. The van der Waals surface area contributed by atoms with Gasteiger partial charge in [0.1, 0.15) is 11.5 Å². The van der Waals surface area contributed by atoms with Gasteiger partial charge < -0.3 is 15.1 Å². The quantitative estimate of drug-likeness (QED) is 0.737. The van der Waals surface area contributed by atoms with E-state index in [1.54, 1.807) is 7.05 Å². The van der Waals surface area contributed by atoms with Crippen LogP contribution >= 0.6 is 0 Å². The van der Waals surface area contributed by atoms with Gasteiger partial charge in [0.25, 0.3) is 5.91 Å². The molecule has 1 fully saturated rings. The average Bonchev–Trinajstić information content (AvgIpc) is 2.86. The van der Waals surface area contributed by atoms with Crippen LogP contribution in [0.1, 0.15) is 16.9 Å². The van der Waals surface area contributed by atoms with Gasteiger partial charge in [0, 0.05) is 26.2 Å². The molecule has 0 radical (unpaired) electrons. The Bertz CT molecular complexity index is 645. The molecule has 1 aliphatic rings. The highest BCUT2D eigenvalue weighted by atomic mass is 32.2. The van der Waals surface area contributed by atoms with Gasteiger partial charge in [0.2, 0.25) is 0 Å². The smallest absolute Gasteiger partial charge is 0.271 e. The van der Waals surface area contributed by atoms with Crippen LogP contribution in [0.3, 0.4) is 0 Å². The van der Waals surface area contributed by atoms with Crippen molar-refractivity contribution in [3.63, 3.8) is 0 Å². The van der Waals surface area contributed by atoms with Crippen molar-refractivity contribution in [2.45, 2.75) is 12.5 Å². The molecule has 2 rings (SSSR count). The zero-order valence-electron chi connectivity index (χ0n) is 13.7. The highest BCUT2D eigenvalue weighted by molar-refractivity contribution is 7.91. The Labute approximate surface area is 136 Å². The molecular weight excluding hydrogens is 318 g/mol. The molecule has 1 aromatic heterocycles. The Balaban J connectivity index is 1.95. The number of amides is 1. The first-order chi connectivity index (χ1) is 10.8. The van der Waals surface area contributed by atoms with Crippen molar-refractivity contribution in [1.29, 1.82) is 0 Å². The van der Waals surface area contributed by atoms with Gasteiger partial charge in [-0.15, -0.1) is 0 Å². The van der Waals surface area contributed by atoms with E-state index in [-0.39, 0.29) is 29.1 Å². The minimum Gasteiger partial charge on any atom is -0.354 e. The maximum absolute atomic E-state index is 11.9. The predicted octanol–water partition coefficient (Wildman–Crippen LogP) is -0.609. The minimum absolute atomic E-state index is 0.0888. The van der Waals surface area contributed by atoms with E-state index in [1.165, 1.54) is 12.4 Å². The minimum atomic E-state index is -2.95. The van der Waals surface area contributed by atoms with Crippen LogP contribution in [0, 0.1) is 0 Å². The highest BCUT2D eigenvalue weighted by Gasteiger charge is 2.31. The van der Waals surface area contributed by atoms with E-state index in [0.717, 1.165) is 6.54 Å². The third-order valence-electron chi connectivity index (χ3n) is 3.83. The van der Waals surface area contributed by atoms with E-state index < -0.39 is 9.84 Å². The van der Waals surface area contributed by atoms with Gasteiger partial charge in [-0.3, -0.25) is 4.79 Å². The number of aromatic nitrogens is 2. The summed E-state index contributed by atoms with van der Waals surface area (Å²) in [7, 11) is 2.71. The van der Waals surface area contributed by atoms with Crippen molar-refractivity contribution in [3.8, 4) is 0 Å². The fourth-order valence-electron chi connectivity index (χ4n) is 2.37. The Morgan fingerprint density at radius 3 is 2.57 bits per heavy atom. The van der Waals surface area contributed by atoms with Gasteiger partial charge in [-0.2, -0.15) is 0 Å². The summed E-state index contributed by atoms with van der Waals surface area (Å²) in [6.45, 7) is 1.28. The van der Waals surface area contributed by atoms with Gasteiger partial charge in [-0.1, -0.05) is 0 Å². The van der Waals surface area contributed by atoms with Crippen molar-refractivity contribution >= 4 is 21.6 Å². The van der Waals surface area contributed by atoms with Gasteiger partial charge in [0.05, 0.1) is 23.9 Å². The van der Waals surface area contributed by atoms with E-state index in [4.69, 9.17) is 0 Å². The van der Waals surface area contributed by atoms with Crippen LogP contribution in [0.2, 0.25) is 0 Å². The summed E-state index contributed by atoms with van der Waals surface area (Å²) in [4.78, 5) is 24.1. The zero-order chi connectivity index (χ0) is 17.0. The fraction of sp³-hybridized carbons (Fsp3) is 0.643. The molecule has 0 bridgehead atoms. The van der Waals surface area contributed by atoms with Crippen molar-refractivity contribution in [2.24, 2.45) is 0 Å². The lowest BCUT2D eigenvalue weighted by Crippen LogP contribution is -2.34. The van der Waals surface area contributed by atoms with E-state index >= 15 is 0 Å². The molecule has 23 heavy (non-hydrogen) atoms. The van der Waals surface area contributed by atoms with Crippen LogP contribution in [-0.4, -0.2) is 81.0 Å². The largest absolute Gasteiger partial charge is 0.354 e. The molecule has 2 heterocycles. The molecule has 0 aromatic carbocycles. The summed E-state index contributed by atoms with van der Waals surface area (Å²) < 4.78 is 23.1. The molecule has 0 spiro atoms. The van der Waals surface area contributed by atoms with Crippen LogP contribution in [0.4, 0.5) is 5.82 Å². The lowest BCUT2D eigenvalue weighted by Gasteiger charge is -2.24. The Morgan fingerprint density at radius 2 is 2.04 bits per heavy atom. The molecule has 1 aromatic rings. The highest BCUT2D eigenvalue weighted by Crippen LogP contribution is 2.20. The van der Waals surface area contributed by atoms with E-state index in [9.17, 15) is 13.2 Å². The van der Waals surface area contributed by atoms with E-state index in [0.29, 0.717) is 18.8 Å². The number of hydrogen-bond donors (Lipinski definition) is 1. The molecule has 0 saturated carbocycles. The zero-order valence-corrected chi connectivity index (χ0v) is 14.5. The lowest BCUT2D eigenvalue weighted by molar-refractivity contribution is 0.0945. The maximum Gasteiger partial charge on any atom is 0.271 e. The summed E-state index contributed by atoms with van der Waals surface area (Å²) in [5.74, 6) is 0.647. The first-order valence-corrected chi connectivity index (χ1v) is 9.29. The molecule has 9 heteroatoms. The standard InChI is InChI=1S/C14H23N5O3S/c1-18(2)6-5-15-14(20)12-8-17-13(9-16-12)19(3)11-4-7-23(21,22)10-11/h8-9,11H,4-7,10H2,1-3H3,(H,15,20). The fourth-order valence-corrected chi connectivity index (χ4v) is 4.15. The van der Waals surface area contributed by atoms with Crippen molar-refractivity contribution in [2.75, 3.05) is 50.6 Å². The average molecular weight is 341 g/mol. The first-order valence-electron chi connectivity index (χ1n) is 7.47. The second kappa shape index (κ2) is 7.22. The molecule has 1 N–H and O–H groups in total. The number of anilines is 1. The predicted molar refractivity (Wildman–Crippen MR) is 88.4 cm³/mol. The van der Waals surface area contributed by atoms with Crippen molar-refractivity contribution in [1.82, 2.24) is 20.2 Å². The van der Waals surface area contributed by atoms with Gasteiger partial charge in [-0.05, 0) is 20.5 Å². The van der Waals surface area contributed by atoms with E-state index in [2.05, 4.69) is 15.3 Å². The lowest BCUT2D eigenvalue weighted by atomic mass is 10.2. The molecule has 1 saturated heterocycles. The van der Waals surface area contributed by atoms with Crippen LogP contribution in [0.15, 0.2) is 12.4 Å². The third kappa shape index (κ3) is 4.87. The van der Waals surface area contributed by atoms with Crippen molar-refractivity contribution in [3.05, 3.63) is 18.1 Å². The summed E-state index contributed by atoms with van der Waals surface area (Å²) >= 11 is 0. The number of carbonyl (C=O) groups is 1. The van der Waals surface area contributed by atoms with E-state index in [1.807, 2.05) is 23.9 Å². The molecule has 1 amide bonds. The number of carbonyl (C=O) groups excluding carboxylic acids is 1. The third-order valence-corrected chi connectivity index (χ3v) is 5.58. The summed E-state index contributed by atoms with van der Waals surface area (Å²) in [5, 5.41) is 2.77. The Kier molecular flexibility index (Phi) is 5.53.